The van der Waals surface area contributed by atoms with Crippen LogP contribution in [0.5, 0.6) is 0 Å². The fraction of sp³-hybridized carbons (Fsp3) is 0.450. The van der Waals surface area contributed by atoms with Crippen molar-refractivity contribution in [2.75, 3.05) is 11.9 Å². The summed E-state index contributed by atoms with van der Waals surface area (Å²) >= 11 is 0. The summed E-state index contributed by atoms with van der Waals surface area (Å²) in [7, 11) is 1.65. The Morgan fingerprint density at radius 3 is 2.52 bits per heavy atom. The highest BCUT2D eigenvalue weighted by molar-refractivity contribution is 6.06. The van der Waals surface area contributed by atoms with Crippen molar-refractivity contribution in [3.8, 4) is 0 Å². The second-order valence-corrected chi connectivity index (χ2v) is 7.01. The van der Waals surface area contributed by atoms with Gasteiger partial charge in [0.05, 0.1) is 35.8 Å². The molecular formula is C20H27FN4O4. The van der Waals surface area contributed by atoms with Gasteiger partial charge >= 0.3 is 0 Å². The maximum Gasteiger partial charge on any atom is 0.257 e. The molecule has 158 valence electrons. The minimum Gasteiger partial charge on any atom is -0.394 e. The lowest BCUT2D eigenvalue weighted by Crippen LogP contribution is -2.40. The first-order valence-electron chi connectivity index (χ1n) is 9.30. The lowest BCUT2D eigenvalue weighted by atomic mass is 10.1. The molecule has 2 rings (SSSR count). The molecule has 1 unspecified atom stereocenters. The molecule has 0 aliphatic rings. The van der Waals surface area contributed by atoms with Crippen molar-refractivity contribution < 1.29 is 24.2 Å². The lowest BCUT2D eigenvalue weighted by Gasteiger charge is -2.18. The van der Waals surface area contributed by atoms with Gasteiger partial charge in [0, 0.05) is 18.3 Å². The van der Waals surface area contributed by atoms with E-state index in [1.807, 2.05) is 0 Å². The zero-order chi connectivity index (χ0) is 21.9. The summed E-state index contributed by atoms with van der Waals surface area (Å²) in [4.78, 5) is 28.8. The summed E-state index contributed by atoms with van der Waals surface area (Å²) in [5.74, 6) is -1.72. The summed E-state index contributed by atoms with van der Waals surface area (Å²) in [5.41, 5.74) is 2.24. The number of nitrogens with one attached hydrogen (secondary N) is 2. The molecule has 0 aromatic carbocycles. The molecule has 2 aromatic rings. The first-order valence-corrected chi connectivity index (χ1v) is 9.30. The van der Waals surface area contributed by atoms with Crippen LogP contribution in [0.25, 0.3) is 0 Å². The molecule has 2 heterocycles. The molecular weight excluding hydrogens is 379 g/mol. The fourth-order valence-electron chi connectivity index (χ4n) is 3.22. The van der Waals surface area contributed by atoms with Crippen molar-refractivity contribution in [3.63, 3.8) is 0 Å². The van der Waals surface area contributed by atoms with Crippen molar-refractivity contribution in [1.82, 2.24) is 14.9 Å². The quantitative estimate of drug-likeness (QED) is 0.522. The molecule has 0 saturated heterocycles. The van der Waals surface area contributed by atoms with E-state index in [9.17, 15) is 24.2 Å². The van der Waals surface area contributed by atoms with Gasteiger partial charge in [-0.2, -0.15) is 4.39 Å². The van der Waals surface area contributed by atoms with Crippen molar-refractivity contribution in [1.29, 1.82) is 0 Å². The van der Waals surface area contributed by atoms with Gasteiger partial charge in [0.25, 0.3) is 11.8 Å². The van der Waals surface area contributed by atoms with E-state index < -0.39 is 29.9 Å². The Labute approximate surface area is 168 Å². The molecule has 2 aromatic heterocycles. The van der Waals surface area contributed by atoms with Crippen LogP contribution in [-0.2, 0) is 11.8 Å². The minimum atomic E-state index is -1.50. The van der Waals surface area contributed by atoms with Crippen molar-refractivity contribution in [2.24, 2.45) is 7.05 Å². The van der Waals surface area contributed by atoms with Gasteiger partial charge in [0.2, 0.25) is 5.95 Å². The van der Waals surface area contributed by atoms with E-state index in [-0.39, 0.29) is 12.3 Å². The topological polar surface area (TPSA) is 116 Å². The number of halogens is 1. The summed E-state index contributed by atoms with van der Waals surface area (Å²) < 4.78 is 14.9. The Kier molecular flexibility index (Phi) is 7.10. The number of anilines is 1. The maximum absolute atomic E-state index is 13.3. The second kappa shape index (κ2) is 9.15. The van der Waals surface area contributed by atoms with Gasteiger partial charge in [-0.25, -0.2) is 4.98 Å². The maximum atomic E-state index is 13.3. The SMILES string of the molecule is CC[C@@H](CO)NC(=O)C(O)c1c(C)c(C(=O)Nc2cnc(F)c(C)c2)c(C)n1C. The van der Waals surface area contributed by atoms with Crippen LogP contribution >= 0.6 is 0 Å². The number of aliphatic hydroxyl groups is 2. The zero-order valence-electron chi connectivity index (χ0n) is 17.2. The average molecular weight is 406 g/mol. The van der Waals surface area contributed by atoms with Gasteiger partial charge in [0.1, 0.15) is 0 Å². The standard InChI is InChI=1S/C20H27FN4O4/c1-6-13(9-26)23-20(29)17(27)16-11(3)15(12(4)25(16)5)19(28)24-14-7-10(2)18(21)22-8-14/h7-8,13,17,26-27H,6,9H2,1-5H3,(H,23,29)(H,24,28)/t13-,17?/m0/s1. The van der Waals surface area contributed by atoms with Gasteiger partial charge in [-0.1, -0.05) is 6.92 Å². The summed E-state index contributed by atoms with van der Waals surface area (Å²) in [6.45, 7) is 6.46. The van der Waals surface area contributed by atoms with Crippen molar-refractivity contribution in [3.05, 3.63) is 46.3 Å². The largest absolute Gasteiger partial charge is 0.394 e. The number of hydrogen-bond acceptors (Lipinski definition) is 5. The molecule has 4 N–H and O–H groups in total. The molecule has 29 heavy (non-hydrogen) atoms. The number of aliphatic hydroxyl groups excluding tert-OH is 2. The van der Waals surface area contributed by atoms with Crippen LogP contribution < -0.4 is 10.6 Å². The number of nitrogens with zero attached hydrogens (tertiary/aromatic N) is 2. The molecule has 8 nitrogen and oxygen atoms in total. The third kappa shape index (κ3) is 4.63. The van der Waals surface area contributed by atoms with E-state index in [1.165, 1.54) is 12.3 Å². The predicted molar refractivity (Wildman–Crippen MR) is 106 cm³/mol. The van der Waals surface area contributed by atoms with Gasteiger partial charge in [-0.05, 0) is 38.8 Å². The highest BCUT2D eigenvalue weighted by atomic mass is 19.1. The molecule has 2 atom stereocenters. The van der Waals surface area contributed by atoms with E-state index in [1.54, 1.807) is 39.3 Å². The van der Waals surface area contributed by atoms with E-state index in [0.717, 1.165) is 0 Å². The van der Waals surface area contributed by atoms with Gasteiger partial charge in [-0.15, -0.1) is 0 Å². The Morgan fingerprint density at radius 2 is 1.97 bits per heavy atom. The van der Waals surface area contributed by atoms with Gasteiger partial charge in [0.15, 0.2) is 6.10 Å². The highest BCUT2D eigenvalue weighted by Crippen LogP contribution is 2.27. The third-order valence-electron chi connectivity index (χ3n) is 5.05. The van der Waals surface area contributed by atoms with Crippen molar-refractivity contribution >= 4 is 17.5 Å². The molecule has 0 saturated carbocycles. The summed E-state index contributed by atoms with van der Waals surface area (Å²) in [6, 6.07) is 1.01. The number of amides is 2. The molecule has 0 spiro atoms. The molecule has 9 heteroatoms. The van der Waals surface area contributed by atoms with Crippen LogP contribution in [0.1, 0.15) is 52.3 Å². The van der Waals surface area contributed by atoms with Crippen LogP contribution in [0.3, 0.4) is 0 Å². The Bertz CT molecular complexity index is 922. The Balaban J connectivity index is 2.32. The van der Waals surface area contributed by atoms with Crippen LogP contribution in [-0.4, -0.2) is 44.2 Å². The van der Waals surface area contributed by atoms with E-state index in [0.29, 0.717) is 34.5 Å². The number of hydrogen-bond donors (Lipinski definition) is 4. The first kappa shape index (κ1) is 22.5. The number of rotatable bonds is 7. The molecule has 2 amide bonds. The number of aryl methyl sites for hydroxylation is 1. The van der Waals surface area contributed by atoms with Gasteiger partial charge in [-0.3, -0.25) is 9.59 Å². The van der Waals surface area contributed by atoms with Gasteiger partial charge < -0.3 is 25.4 Å². The first-order chi connectivity index (χ1) is 13.6. The Morgan fingerprint density at radius 1 is 1.31 bits per heavy atom. The highest BCUT2D eigenvalue weighted by Gasteiger charge is 2.29. The van der Waals surface area contributed by atoms with Crippen molar-refractivity contribution in [2.45, 2.75) is 46.3 Å². The summed E-state index contributed by atoms with van der Waals surface area (Å²) in [6.07, 6.45) is 0.228. The normalized spacial score (nSPS) is 13.1. The van der Waals surface area contributed by atoms with E-state index in [4.69, 9.17) is 0 Å². The molecule has 0 radical (unpaired) electrons. The second-order valence-electron chi connectivity index (χ2n) is 7.01. The molecule has 0 aliphatic carbocycles. The molecule has 0 bridgehead atoms. The Hall–Kier alpha value is -2.78. The average Bonchev–Trinajstić information content (AvgIpc) is 2.90. The minimum absolute atomic E-state index is 0.237. The van der Waals surface area contributed by atoms with Crippen LogP contribution in [0.15, 0.2) is 12.3 Å². The predicted octanol–water partition coefficient (Wildman–Crippen LogP) is 1.66. The number of aromatic nitrogens is 2. The smallest absolute Gasteiger partial charge is 0.257 e. The molecule has 0 aliphatic heterocycles. The number of carbonyl (C=O) groups excluding carboxylic acids is 2. The zero-order valence-corrected chi connectivity index (χ0v) is 17.2. The number of carbonyl (C=O) groups is 2. The fourth-order valence-corrected chi connectivity index (χ4v) is 3.22. The van der Waals surface area contributed by atoms with E-state index >= 15 is 0 Å². The van der Waals surface area contributed by atoms with Crippen LogP contribution in [0, 0.1) is 26.7 Å². The number of pyridine rings is 1. The van der Waals surface area contributed by atoms with Crippen LogP contribution in [0.2, 0.25) is 0 Å². The molecule has 0 fully saturated rings. The summed E-state index contributed by atoms with van der Waals surface area (Å²) in [5, 5.41) is 25.1. The van der Waals surface area contributed by atoms with Crippen LogP contribution in [0.4, 0.5) is 10.1 Å². The third-order valence-corrected chi connectivity index (χ3v) is 5.05. The van der Waals surface area contributed by atoms with E-state index in [2.05, 4.69) is 15.6 Å². The lowest BCUT2D eigenvalue weighted by molar-refractivity contribution is -0.131. The monoisotopic (exact) mass is 406 g/mol.